The topological polar surface area (TPSA) is 99.0 Å². The van der Waals surface area contributed by atoms with Crippen LogP contribution in [0.1, 0.15) is 17.3 Å². The van der Waals surface area contributed by atoms with Crippen LogP contribution < -0.4 is 0 Å². The molecule has 1 N–H and O–H groups in total. The predicted octanol–water partition coefficient (Wildman–Crippen LogP) is 4.11. The van der Waals surface area contributed by atoms with E-state index in [9.17, 15) is 13.7 Å². The lowest BCUT2D eigenvalue weighted by atomic mass is 9.97. The fraction of sp³-hybridized carbons (Fsp3) is 0.0500. The molecular weight excluding hydrogens is 392 g/mol. The molecule has 0 saturated carbocycles. The number of benzene rings is 2. The van der Waals surface area contributed by atoms with Gasteiger partial charge in [-0.05, 0) is 29.1 Å². The molecule has 0 aliphatic rings. The van der Waals surface area contributed by atoms with Gasteiger partial charge in [-0.3, -0.25) is 0 Å². The van der Waals surface area contributed by atoms with Gasteiger partial charge in [0.15, 0.2) is 0 Å². The molecule has 0 spiro atoms. The van der Waals surface area contributed by atoms with Crippen molar-refractivity contribution in [3.63, 3.8) is 0 Å². The van der Waals surface area contributed by atoms with E-state index >= 15 is 0 Å². The number of hydrogen-bond donors (Lipinski definition) is 1. The van der Waals surface area contributed by atoms with E-state index in [2.05, 4.69) is 20.4 Å². The molecule has 0 bridgehead atoms. The van der Waals surface area contributed by atoms with Crippen LogP contribution in [0, 0.1) is 11.3 Å². The number of nitrogens with one attached hydrogen (secondary N) is 1. The molecule has 2 aromatic heterocycles. The molecule has 0 fully saturated rings. The molecule has 4 aromatic rings. The molecule has 6 nitrogen and oxygen atoms in total. The van der Waals surface area contributed by atoms with Crippen LogP contribution >= 0.6 is 11.3 Å². The summed E-state index contributed by atoms with van der Waals surface area (Å²) in [6, 6.07) is 21.5. The lowest BCUT2D eigenvalue weighted by Gasteiger charge is -2.11. The minimum absolute atomic E-state index is 0.127. The first kappa shape index (κ1) is 18.1. The van der Waals surface area contributed by atoms with Gasteiger partial charge in [-0.2, -0.15) is 18.1 Å². The summed E-state index contributed by atoms with van der Waals surface area (Å²) in [5, 5.41) is 11.6. The Morgan fingerprint density at radius 2 is 1.82 bits per heavy atom. The number of hydrogen-bond acceptors (Lipinski definition) is 5. The van der Waals surface area contributed by atoms with Gasteiger partial charge in [-0.15, -0.1) is 11.3 Å². The minimum atomic E-state index is -3.94. The van der Waals surface area contributed by atoms with Crippen molar-refractivity contribution >= 4 is 38.1 Å². The number of fused-ring (bicyclic) bond motifs is 1. The van der Waals surface area contributed by atoms with Gasteiger partial charge in [0.1, 0.15) is 16.0 Å². The fourth-order valence-corrected chi connectivity index (χ4v) is 4.85. The zero-order chi connectivity index (χ0) is 19.6. The molecular formula is C20H14N4O2S2. The number of aromatic amines is 1. The first-order valence-electron chi connectivity index (χ1n) is 8.36. The maximum atomic E-state index is 12.8. The predicted molar refractivity (Wildman–Crippen MR) is 109 cm³/mol. The van der Waals surface area contributed by atoms with Crippen molar-refractivity contribution in [3.05, 3.63) is 83.5 Å². The maximum Gasteiger partial charge on any atom is 0.292 e. The molecule has 2 heterocycles. The first-order chi connectivity index (χ1) is 13.6. The molecule has 8 heteroatoms. The SMILES string of the molecule is N#C[C@H](C(=NS(=O)(=O)c1cccs1)c1ccccc1)c1nc2ccccc2[nH]1. The van der Waals surface area contributed by atoms with E-state index in [1.54, 1.807) is 35.7 Å². The Labute approximate surface area is 165 Å². The number of thiophene rings is 1. The van der Waals surface area contributed by atoms with E-state index in [0.717, 1.165) is 16.9 Å². The van der Waals surface area contributed by atoms with E-state index in [0.29, 0.717) is 16.9 Å². The summed E-state index contributed by atoms with van der Waals surface area (Å²) in [5.74, 6) is -0.614. The van der Waals surface area contributed by atoms with Gasteiger partial charge in [0, 0.05) is 0 Å². The molecule has 0 aliphatic carbocycles. The third kappa shape index (κ3) is 3.45. The summed E-state index contributed by atoms with van der Waals surface area (Å²) in [6.45, 7) is 0. The molecule has 0 amide bonds. The molecule has 2 aromatic carbocycles. The Morgan fingerprint density at radius 3 is 2.50 bits per heavy atom. The van der Waals surface area contributed by atoms with E-state index < -0.39 is 15.9 Å². The normalized spacial score (nSPS) is 13.3. The average Bonchev–Trinajstić information content (AvgIpc) is 3.38. The lowest BCUT2D eigenvalue weighted by Crippen LogP contribution is -2.16. The Balaban J connectivity index is 1.89. The summed E-state index contributed by atoms with van der Waals surface area (Å²) >= 11 is 1.08. The van der Waals surface area contributed by atoms with Crippen molar-refractivity contribution in [3.8, 4) is 6.07 Å². The number of sulfonamides is 1. The number of rotatable bonds is 5. The van der Waals surface area contributed by atoms with Crippen molar-refractivity contribution in [2.75, 3.05) is 0 Å². The minimum Gasteiger partial charge on any atom is -0.341 e. The molecule has 138 valence electrons. The molecule has 1 atom stereocenters. The standard InChI is InChI=1S/C20H14N4O2S2/c21-13-15(20-22-16-9-4-5-10-17(16)23-20)19(14-7-2-1-3-8-14)24-28(25,26)18-11-6-12-27-18/h1-12,15H,(H,22,23)/t15-/m1/s1. The summed E-state index contributed by atoms with van der Waals surface area (Å²) in [4.78, 5) is 7.58. The number of imidazole rings is 1. The smallest absolute Gasteiger partial charge is 0.292 e. The van der Waals surface area contributed by atoms with Gasteiger partial charge < -0.3 is 4.98 Å². The summed E-state index contributed by atoms with van der Waals surface area (Å²) in [5.41, 5.74) is 2.16. The monoisotopic (exact) mass is 406 g/mol. The Kier molecular flexibility index (Phi) is 4.77. The van der Waals surface area contributed by atoms with Crippen molar-refractivity contribution in [1.29, 1.82) is 5.26 Å². The molecule has 0 radical (unpaired) electrons. The fourth-order valence-electron chi connectivity index (χ4n) is 2.83. The quantitative estimate of drug-likeness (QED) is 0.504. The van der Waals surface area contributed by atoms with Gasteiger partial charge >= 0.3 is 0 Å². The van der Waals surface area contributed by atoms with Crippen molar-refractivity contribution in [2.45, 2.75) is 10.1 Å². The maximum absolute atomic E-state index is 12.8. The van der Waals surface area contributed by atoms with E-state index in [1.165, 1.54) is 6.07 Å². The van der Waals surface area contributed by atoms with Gasteiger partial charge in [0.2, 0.25) is 0 Å². The second kappa shape index (κ2) is 7.38. The van der Waals surface area contributed by atoms with Crippen LogP contribution in [0.2, 0.25) is 0 Å². The van der Waals surface area contributed by atoms with E-state index in [1.807, 2.05) is 30.3 Å². The molecule has 0 aliphatic heterocycles. The molecule has 0 unspecified atom stereocenters. The van der Waals surface area contributed by atoms with Gasteiger partial charge in [-0.25, -0.2) is 4.98 Å². The van der Waals surface area contributed by atoms with Crippen LogP contribution in [-0.4, -0.2) is 24.1 Å². The zero-order valence-electron chi connectivity index (χ0n) is 14.5. The number of aromatic nitrogens is 2. The largest absolute Gasteiger partial charge is 0.341 e. The van der Waals surface area contributed by atoms with Crippen LogP contribution in [0.4, 0.5) is 0 Å². The van der Waals surface area contributed by atoms with Crippen molar-refractivity contribution < 1.29 is 8.42 Å². The highest BCUT2D eigenvalue weighted by molar-refractivity contribution is 7.92. The number of H-pyrrole nitrogens is 1. The van der Waals surface area contributed by atoms with Gasteiger partial charge in [0.05, 0.1) is 22.8 Å². The van der Waals surface area contributed by atoms with Crippen LogP contribution in [0.25, 0.3) is 11.0 Å². The van der Waals surface area contributed by atoms with Crippen LogP contribution in [0.5, 0.6) is 0 Å². The molecule has 4 rings (SSSR count). The first-order valence-corrected chi connectivity index (χ1v) is 10.7. The molecule has 0 saturated heterocycles. The second-order valence-corrected chi connectivity index (χ2v) is 8.73. The Hall–Kier alpha value is -3.28. The molecule has 28 heavy (non-hydrogen) atoms. The Morgan fingerprint density at radius 1 is 1.07 bits per heavy atom. The summed E-state index contributed by atoms with van der Waals surface area (Å²) in [7, 11) is -3.94. The summed E-state index contributed by atoms with van der Waals surface area (Å²) < 4.78 is 29.8. The van der Waals surface area contributed by atoms with Crippen LogP contribution in [-0.2, 0) is 10.0 Å². The van der Waals surface area contributed by atoms with Crippen molar-refractivity contribution in [2.24, 2.45) is 4.40 Å². The highest BCUT2D eigenvalue weighted by Crippen LogP contribution is 2.26. The van der Waals surface area contributed by atoms with Crippen LogP contribution in [0.15, 0.2) is 80.7 Å². The Bertz CT molecular complexity index is 1250. The number of nitriles is 1. The average molecular weight is 406 g/mol. The summed E-state index contributed by atoms with van der Waals surface area (Å²) in [6.07, 6.45) is 0. The number of nitrogens with zero attached hydrogens (tertiary/aromatic N) is 3. The lowest BCUT2D eigenvalue weighted by molar-refractivity contribution is 0.600. The van der Waals surface area contributed by atoms with Crippen LogP contribution in [0.3, 0.4) is 0 Å². The van der Waals surface area contributed by atoms with Crippen molar-refractivity contribution in [1.82, 2.24) is 9.97 Å². The highest BCUT2D eigenvalue weighted by atomic mass is 32.2. The van der Waals surface area contributed by atoms with E-state index in [4.69, 9.17) is 0 Å². The van der Waals surface area contributed by atoms with Gasteiger partial charge in [-0.1, -0.05) is 48.5 Å². The third-order valence-electron chi connectivity index (χ3n) is 4.12. The third-order valence-corrected chi connectivity index (χ3v) is 6.78. The second-order valence-electron chi connectivity index (χ2n) is 5.95. The number of para-hydroxylation sites is 2. The highest BCUT2D eigenvalue weighted by Gasteiger charge is 2.26. The zero-order valence-corrected chi connectivity index (χ0v) is 16.1. The van der Waals surface area contributed by atoms with Gasteiger partial charge in [0.25, 0.3) is 10.0 Å². The van der Waals surface area contributed by atoms with E-state index in [-0.39, 0.29) is 9.92 Å².